The van der Waals surface area contributed by atoms with Gasteiger partial charge in [-0.25, -0.2) is 0 Å². The fourth-order valence-corrected chi connectivity index (χ4v) is 2.60. The smallest absolute Gasteiger partial charge is 0.261 e. The number of nitrogens with zero attached hydrogens (tertiary/aromatic N) is 1. The van der Waals surface area contributed by atoms with Crippen molar-refractivity contribution in [1.82, 2.24) is 0 Å². The predicted octanol–water partition coefficient (Wildman–Crippen LogP) is 3.91. The van der Waals surface area contributed by atoms with Crippen LogP contribution in [0.3, 0.4) is 0 Å². The van der Waals surface area contributed by atoms with E-state index in [1.807, 2.05) is 30.3 Å². The van der Waals surface area contributed by atoms with E-state index in [1.54, 1.807) is 14.2 Å². The molecular formula is C20H25IrNO5S-2. The number of fused-ring (bicyclic) bond motifs is 1. The standard InChI is InChI=1S/C18H18NO2.CH4O3S.CH3.Ir/c1-20-15-8-6-14(7-9-15)19-18-5-3-4-13-12-16(21-2)10-11-17(13)18;1-5(2,3)4;;/h6-10,12H,3-5H2,1-2H3;1H3,(H,2,3,4);1H3;/q-1;;-1;. The zero-order chi connectivity index (χ0) is 19.2. The maximum absolute atomic E-state index is 9.19. The van der Waals surface area contributed by atoms with Crippen LogP contribution in [-0.4, -0.2) is 39.2 Å². The van der Waals surface area contributed by atoms with E-state index >= 15 is 0 Å². The molecule has 1 aliphatic rings. The molecular weight excluding hydrogens is 559 g/mol. The topological polar surface area (TPSA) is 85.2 Å². The molecule has 3 rings (SSSR count). The average Bonchev–Trinajstić information content (AvgIpc) is 2.61. The molecule has 0 aliphatic heterocycles. The van der Waals surface area contributed by atoms with Gasteiger partial charge in [-0.3, -0.25) is 4.55 Å². The number of methoxy groups -OCH3 is 2. The zero-order valence-corrected chi connectivity index (χ0v) is 19.6. The molecule has 1 N–H and O–H groups in total. The molecule has 157 valence electrons. The van der Waals surface area contributed by atoms with E-state index in [1.165, 1.54) is 5.56 Å². The average molecular weight is 584 g/mol. The minimum Gasteiger partial charge on any atom is -0.540 e. The second-order valence-corrected chi connectivity index (χ2v) is 7.25. The Morgan fingerprint density at radius 2 is 1.64 bits per heavy atom. The summed E-state index contributed by atoms with van der Waals surface area (Å²) in [6, 6.07) is 15.1. The van der Waals surface area contributed by atoms with Crippen molar-refractivity contribution in [1.29, 1.82) is 0 Å². The number of ether oxygens (including phenoxy) is 2. The van der Waals surface area contributed by atoms with E-state index in [0.29, 0.717) is 6.26 Å². The number of hydrogen-bond donors (Lipinski definition) is 1. The number of hydrogen-bond acceptors (Lipinski definition) is 5. The van der Waals surface area contributed by atoms with E-state index in [4.69, 9.17) is 19.0 Å². The van der Waals surface area contributed by atoms with Gasteiger partial charge in [-0.2, -0.15) is 8.42 Å². The Bertz CT molecular complexity index is 872. The first-order valence-electron chi connectivity index (χ1n) is 8.03. The summed E-state index contributed by atoms with van der Waals surface area (Å²) in [6.07, 6.45) is 3.88. The first-order valence-corrected chi connectivity index (χ1v) is 9.88. The Morgan fingerprint density at radius 1 is 1.07 bits per heavy atom. The molecule has 0 heterocycles. The van der Waals surface area contributed by atoms with Gasteiger partial charge in [-0.15, -0.1) is 29.3 Å². The molecule has 0 saturated carbocycles. The summed E-state index contributed by atoms with van der Waals surface area (Å²) in [5, 5.41) is 0. The van der Waals surface area contributed by atoms with Crippen LogP contribution in [0.15, 0.2) is 41.4 Å². The van der Waals surface area contributed by atoms with E-state index in [-0.39, 0.29) is 27.5 Å². The SMILES string of the molecule is COc1ccc(N=C2CCCc3cc(OC)c[c-]c32)cc1.CS(=O)(=O)O.[CH3-].[Ir]. The number of benzene rings is 2. The van der Waals surface area contributed by atoms with Gasteiger partial charge < -0.3 is 21.9 Å². The third-order valence-corrected chi connectivity index (χ3v) is 3.72. The summed E-state index contributed by atoms with van der Waals surface area (Å²) in [4.78, 5) is 4.78. The third-order valence-electron chi connectivity index (χ3n) is 3.72. The molecule has 0 atom stereocenters. The fourth-order valence-electron chi connectivity index (χ4n) is 2.60. The van der Waals surface area contributed by atoms with Gasteiger partial charge in [0.2, 0.25) is 0 Å². The van der Waals surface area contributed by atoms with Gasteiger partial charge >= 0.3 is 0 Å². The van der Waals surface area contributed by atoms with Crippen LogP contribution in [0.25, 0.3) is 0 Å². The molecule has 0 saturated heterocycles. The van der Waals surface area contributed by atoms with Crippen molar-refractivity contribution >= 4 is 21.5 Å². The van der Waals surface area contributed by atoms with Crippen molar-refractivity contribution in [2.75, 3.05) is 20.5 Å². The first-order chi connectivity index (χ1) is 12.3. The molecule has 1 aliphatic carbocycles. The molecule has 0 fully saturated rings. The minimum absolute atomic E-state index is 0. The van der Waals surface area contributed by atoms with Crippen molar-refractivity contribution in [3.05, 3.63) is 61.0 Å². The van der Waals surface area contributed by atoms with E-state index in [9.17, 15) is 8.42 Å². The van der Waals surface area contributed by atoms with Crippen LogP contribution in [0, 0.1) is 13.5 Å². The molecule has 0 aromatic heterocycles. The summed E-state index contributed by atoms with van der Waals surface area (Å²) >= 11 is 0. The van der Waals surface area contributed by atoms with Gasteiger partial charge in [-0.1, -0.05) is 12.8 Å². The Labute approximate surface area is 181 Å². The number of rotatable bonds is 3. The van der Waals surface area contributed by atoms with Crippen LogP contribution >= 0.6 is 0 Å². The quantitative estimate of drug-likeness (QED) is 0.438. The molecule has 0 amide bonds. The van der Waals surface area contributed by atoms with Crippen LogP contribution in [0.4, 0.5) is 5.69 Å². The summed E-state index contributed by atoms with van der Waals surface area (Å²) < 4.78 is 36.3. The minimum atomic E-state index is -3.67. The Hall–Kier alpha value is -1.73. The molecule has 2 aromatic carbocycles. The van der Waals surface area contributed by atoms with Gasteiger partial charge in [0.25, 0.3) is 10.1 Å². The molecule has 0 bridgehead atoms. The molecule has 28 heavy (non-hydrogen) atoms. The maximum atomic E-state index is 9.19. The van der Waals surface area contributed by atoms with Crippen LogP contribution in [0.1, 0.15) is 24.0 Å². The van der Waals surface area contributed by atoms with Crippen LogP contribution in [0.5, 0.6) is 11.5 Å². The molecule has 6 nitrogen and oxygen atoms in total. The molecule has 0 spiro atoms. The molecule has 2 aromatic rings. The third kappa shape index (κ3) is 8.52. The van der Waals surface area contributed by atoms with Gasteiger partial charge in [0.05, 0.1) is 26.2 Å². The van der Waals surface area contributed by atoms with Crippen molar-refractivity contribution in [3.63, 3.8) is 0 Å². The fraction of sp³-hybridized carbons (Fsp3) is 0.300. The van der Waals surface area contributed by atoms with Crippen LogP contribution in [-0.2, 0) is 36.6 Å². The van der Waals surface area contributed by atoms with Gasteiger partial charge in [0.15, 0.2) is 0 Å². The van der Waals surface area contributed by atoms with Crippen molar-refractivity contribution in [2.24, 2.45) is 4.99 Å². The Morgan fingerprint density at radius 3 is 2.18 bits per heavy atom. The number of aliphatic imine (C=N–C) groups is 1. The summed E-state index contributed by atoms with van der Waals surface area (Å²) in [6.45, 7) is 0. The Kier molecular flexibility index (Phi) is 11.2. The second-order valence-electron chi connectivity index (χ2n) is 5.78. The van der Waals surface area contributed by atoms with Crippen LogP contribution in [0.2, 0.25) is 0 Å². The van der Waals surface area contributed by atoms with Gasteiger partial charge in [-0.05, 0) is 36.4 Å². The maximum Gasteiger partial charge on any atom is 0.261 e. The Balaban J connectivity index is 0.000000934. The molecule has 1 radical (unpaired) electrons. The van der Waals surface area contributed by atoms with Crippen molar-refractivity contribution in [3.8, 4) is 11.5 Å². The van der Waals surface area contributed by atoms with E-state index in [2.05, 4.69) is 12.1 Å². The van der Waals surface area contributed by atoms with Gasteiger partial charge in [0, 0.05) is 25.9 Å². The molecule has 8 heteroatoms. The summed E-state index contributed by atoms with van der Waals surface area (Å²) in [5.41, 5.74) is 4.44. The van der Waals surface area contributed by atoms with Crippen LogP contribution < -0.4 is 9.47 Å². The van der Waals surface area contributed by atoms with Crippen molar-refractivity contribution < 1.29 is 42.5 Å². The predicted molar refractivity (Wildman–Crippen MR) is 108 cm³/mol. The largest absolute Gasteiger partial charge is 0.540 e. The monoisotopic (exact) mass is 584 g/mol. The number of aryl methyl sites for hydroxylation is 1. The normalized spacial score (nSPS) is 13.8. The zero-order valence-electron chi connectivity index (χ0n) is 16.4. The van der Waals surface area contributed by atoms with Crippen molar-refractivity contribution in [2.45, 2.75) is 19.3 Å². The molecule has 0 unspecified atom stereocenters. The van der Waals surface area contributed by atoms with E-state index < -0.39 is 10.1 Å². The summed E-state index contributed by atoms with van der Waals surface area (Å²) in [7, 11) is -0.314. The summed E-state index contributed by atoms with van der Waals surface area (Å²) in [5.74, 6) is 1.71. The second kappa shape index (κ2) is 12.0. The van der Waals surface area contributed by atoms with Gasteiger partial charge in [0.1, 0.15) is 5.75 Å². The first kappa shape index (κ1) is 26.3. The van der Waals surface area contributed by atoms with E-state index in [0.717, 1.165) is 47.7 Å².